The van der Waals surface area contributed by atoms with Crippen LogP contribution in [0.5, 0.6) is 0 Å². The number of hydrogen-bond donors (Lipinski definition) is 0. The molecule has 5 aromatic rings. The molecule has 5 rings (SSSR count). The lowest BCUT2D eigenvalue weighted by atomic mass is 9.98. The molecule has 0 radical (unpaired) electrons. The van der Waals surface area contributed by atoms with Gasteiger partial charge >= 0.3 is 5.97 Å². The van der Waals surface area contributed by atoms with Gasteiger partial charge in [0.2, 0.25) is 0 Å². The van der Waals surface area contributed by atoms with Gasteiger partial charge in [0.25, 0.3) is 0 Å². The van der Waals surface area contributed by atoms with E-state index in [1.165, 1.54) is 11.1 Å². The van der Waals surface area contributed by atoms with Crippen molar-refractivity contribution in [1.29, 1.82) is 0 Å². The first-order chi connectivity index (χ1) is 23.5. The van der Waals surface area contributed by atoms with Gasteiger partial charge in [0, 0.05) is 13.1 Å². The summed E-state index contributed by atoms with van der Waals surface area (Å²) in [6, 6.07) is 51.3. The number of carbonyl (C=O) groups is 1. The van der Waals surface area contributed by atoms with Gasteiger partial charge in [0.05, 0.1) is 19.3 Å². The normalized spacial score (nSPS) is 13.0. The van der Waals surface area contributed by atoms with Gasteiger partial charge in [0.1, 0.15) is 18.3 Å². The Morgan fingerprint density at radius 3 is 1.69 bits per heavy atom. The van der Waals surface area contributed by atoms with Crippen LogP contribution in [0.1, 0.15) is 47.8 Å². The molecule has 2 unspecified atom stereocenters. The highest BCUT2D eigenvalue weighted by atomic mass is 16.6. The van der Waals surface area contributed by atoms with Crippen molar-refractivity contribution in [2.24, 2.45) is 0 Å². The second-order valence-electron chi connectivity index (χ2n) is 12.3. The van der Waals surface area contributed by atoms with Crippen LogP contribution < -0.4 is 0 Å². The van der Waals surface area contributed by atoms with Gasteiger partial charge < -0.3 is 14.2 Å². The Morgan fingerprint density at radius 1 is 0.667 bits per heavy atom. The van der Waals surface area contributed by atoms with Crippen LogP contribution in [-0.2, 0) is 44.3 Å². The first-order valence-electron chi connectivity index (χ1n) is 16.5. The number of nitrogens with zero attached hydrogens (tertiary/aromatic N) is 1. The van der Waals surface area contributed by atoms with Crippen LogP contribution in [0.4, 0.5) is 0 Å². The van der Waals surface area contributed by atoms with Crippen LogP contribution in [0.25, 0.3) is 0 Å². The van der Waals surface area contributed by atoms with E-state index in [4.69, 9.17) is 14.2 Å². The maximum absolute atomic E-state index is 12.8. The summed E-state index contributed by atoms with van der Waals surface area (Å²) < 4.78 is 18.4. The van der Waals surface area contributed by atoms with Crippen LogP contribution in [0.15, 0.2) is 164 Å². The summed E-state index contributed by atoms with van der Waals surface area (Å²) in [5, 5.41) is 0. The standard InChI is InChI=1S/C43H45NO4/c1-43(2,39-27-16-7-17-28-39)48-41(45)34-46-30-18-29-40(42(38-25-14-6-15-26-38)47-33-37-23-12-5-13-24-37)44(31-35-19-8-3-9-20-35)32-36-21-10-4-11-22-36/h3-29,40,42H,30-34H2,1-2H3/b29-18+. The number of ether oxygens (including phenoxy) is 3. The van der Waals surface area contributed by atoms with E-state index >= 15 is 0 Å². The van der Waals surface area contributed by atoms with E-state index in [-0.39, 0.29) is 25.4 Å². The Morgan fingerprint density at radius 2 is 1.15 bits per heavy atom. The number of benzene rings is 5. The molecule has 0 fully saturated rings. The molecule has 2 atom stereocenters. The molecular weight excluding hydrogens is 594 g/mol. The van der Waals surface area contributed by atoms with Crippen molar-refractivity contribution in [3.05, 3.63) is 192 Å². The minimum absolute atomic E-state index is 0.143. The number of carbonyl (C=O) groups excluding carboxylic acids is 1. The molecule has 0 N–H and O–H groups in total. The SMILES string of the molecule is CC(C)(OC(=O)COC/C=C/C(C(OCc1ccccc1)c1ccccc1)N(Cc1ccccc1)Cc1ccccc1)c1ccccc1. The van der Waals surface area contributed by atoms with Gasteiger partial charge in [-0.2, -0.15) is 0 Å². The van der Waals surface area contributed by atoms with Crippen LogP contribution >= 0.6 is 0 Å². The molecule has 0 aliphatic heterocycles. The van der Waals surface area contributed by atoms with Gasteiger partial charge in [-0.05, 0) is 41.7 Å². The molecule has 5 nitrogen and oxygen atoms in total. The predicted molar refractivity (Wildman–Crippen MR) is 192 cm³/mol. The van der Waals surface area contributed by atoms with Gasteiger partial charge in [-0.3, -0.25) is 4.90 Å². The number of esters is 1. The summed E-state index contributed by atoms with van der Waals surface area (Å²) in [6.07, 6.45) is 3.87. The fourth-order valence-electron chi connectivity index (χ4n) is 5.73. The molecule has 5 heteroatoms. The van der Waals surface area contributed by atoms with E-state index < -0.39 is 11.6 Å². The molecule has 48 heavy (non-hydrogen) atoms. The van der Waals surface area contributed by atoms with Crippen LogP contribution in [0.3, 0.4) is 0 Å². The zero-order chi connectivity index (χ0) is 33.4. The number of hydrogen-bond acceptors (Lipinski definition) is 5. The van der Waals surface area contributed by atoms with Crippen LogP contribution in [0, 0.1) is 0 Å². The summed E-state index contributed by atoms with van der Waals surface area (Å²) in [4.78, 5) is 15.2. The van der Waals surface area contributed by atoms with Gasteiger partial charge in [-0.25, -0.2) is 4.79 Å². The minimum Gasteiger partial charge on any atom is -0.453 e. The average molecular weight is 640 g/mol. The lowest BCUT2D eigenvalue weighted by Crippen LogP contribution is -2.38. The Hall–Kier alpha value is -4.81. The second-order valence-corrected chi connectivity index (χ2v) is 12.3. The molecule has 0 aliphatic carbocycles. The van der Waals surface area contributed by atoms with E-state index in [1.54, 1.807) is 0 Å². The van der Waals surface area contributed by atoms with Crippen molar-refractivity contribution in [2.45, 2.75) is 51.3 Å². The lowest BCUT2D eigenvalue weighted by Gasteiger charge is -2.36. The summed E-state index contributed by atoms with van der Waals surface area (Å²) in [5.41, 5.74) is 4.79. The topological polar surface area (TPSA) is 48.0 Å². The fraction of sp³-hybridized carbons (Fsp3) is 0.233. The third kappa shape index (κ3) is 10.6. The largest absolute Gasteiger partial charge is 0.453 e. The van der Waals surface area contributed by atoms with E-state index in [0.29, 0.717) is 19.7 Å². The molecule has 0 bridgehead atoms. The van der Waals surface area contributed by atoms with Crippen molar-refractivity contribution < 1.29 is 19.0 Å². The minimum atomic E-state index is -0.753. The van der Waals surface area contributed by atoms with Crippen LogP contribution in [-0.4, -0.2) is 30.1 Å². The highest BCUT2D eigenvalue weighted by Gasteiger charge is 2.29. The molecule has 0 heterocycles. The Labute approximate surface area is 285 Å². The molecule has 0 aliphatic rings. The molecule has 0 saturated carbocycles. The molecule has 0 amide bonds. The molecule has 5 aromatic carbocycles. The first-order valence-corrected chi connectivity index (χ1v) is 16.5. The smallest absolute Gasteiger partial charge is 0.332 e. The molecule has 0 saturated heterocycles. The summed E-state index contributed by atoms with van der Waals surface area (Å²) in [5.74, 6) is -0.406. The number of rotatable bonds is 17. The highest BCUT2D eigenvalue weighted by Crippen LogP contribution is 2.30. The third-order valence-electron chi connectivity index (χ3n) is 8.19. The highest BCUT2D eigenvalue weighted by molar-refractivity contribution is 5.71. The maximum Gasteiger partial charge on any atom is 0.332 e. The summed E-state index contributed by atoms with van der Waals surface area (Å²) in [7, 11) is 0. The van der Waals surface area contributed by atoms with E-state index in [1.807, 2.05) is 86.7 Å². The van der Waals surface area contributed by atoms with Crippen molar-refractivity contribution >= 4 is 5.97 Å². The monoisotopic (exact) mass is 639 g/mol. The molecule has 246 valence electrons. The van der Waals surface area contributed by atoms with Crippen LogP contribution in [0.2, 0.25) is 0 Å². The third-order valence-corrected chi connectivity index (χ3v) is 8.19. The molecular formula is C43H45NO4. The molecule has 0 spiro atoms. The Bertz CT molecular complexity index is 1620. The fourth-order valence-corrected chi connectivity index (χ4v) is 5.73. The lowest BCUT2D eigenvalue weighted by molar-refractivity contribution is -0.162. The zero-order valence-corrected chi connectivity index (χ0v) is 27.9. The van der Waals surface area contributed by atoms with Gasteiger partial charge in [-0.1, -0.05) is 164 Å². The van der Waals surface area contributed by atoms with E-state index in [0.717, 1.165) is 16.7 Å². The van der Waals surface area contributed by atoms with E-state index in [2.05, 4.69) is 95.9 Å². The van der Waals surface area contributed by atoms with Crippen molar-refractivity contribution in [2.75, 3.05) is 13.2 Å². The Balaban J connectivity index is 1.38. The summed E-state index contributed by atoms with van der Waals surface area (Å²) in [6.45, 7) is 5.78. The Kier molecular flexibility index (Phi) is 12.9. The van der Waals surface area contributed by atoms with Crippen molar-refractivity contribution in [1.82, 2.24) is 4.90 Å². The molecule has 0 aromatic heterocycles. The van der Waals surface area contributed by atoms with Gasteiger partial charge in [-0.15, -0.1) is 0 Å². The maximum atomic E-state index is 12.8. The van der Waals surface area contributed by atoms with Crippen molar-refractivity contribution in [3.8, 4) is 0 Å². The predicted octanol–water partition coefficient (Wildman–Crippen LogP) is 9.07. The quantitative estimate of drug-likeness (QED) is 0.0577. The van der Waals surface area contributed by atoms with Crippen molar-refractivity contribution in [3.63, 3.8) is 0 Å². The van der Waals surface area contributed by atoms with Gasteiger partial charge in [0.15, 0.2) is 0 Å². The van der Waals surface area contributed by atoms with E-state index in [9.17, 15) is 4.79 Å². The first kappa shape index (κ1) is 34.5. The zero-order valence-electron chi connectivity index (χ0n) is 27.9. The average Bonchev–Trinajstić information content (AvgIpc) is 3.12. The summed E-state index contributed by atoms with van der Waals surface area (Å²) >= 11 is 0. The second kappa shape index (κ2) is 17.9.